The molecule has 2 N–H and O–H groups in total. The van der Waals surface area contributed by atoms with Crippen LogP contribution in [0.1, 0.15) is 70.7 Å². The third-order valence-corrected chi connectivity index (χ3v) is 3.35. The molecular formula is C16H30N4. The maximum atomic E-state index is 4.67. The molecule has 0 aromatic carbocycles. The molecule has 0 amide bonds. The molecule has 0 fully saturated rings. The summed E-state index contributed by atoms with van der Waals surface area (Å²) in [5.41, 5.74) is 1.12. The van der Waals surface area contributed by atoms with Crippen molar-refractivity contribution in [3.8, 4) is 0 Å². The van der Waals surface area contributed by atoms with Crippen LogP contribution in [0.2, 0.25) is 0 Å². The lowest BCUT2D eigenvalue weighted by molar-refractivity contribution is 0.683. The van der Waals surface area contributed by atoms with Gasteiger partial charge in [-0.15, -0.1) is 0 Å². The Labute approximate surface area is 123 Å². The van der Waals surface area contributed by atoms with Gasteiger partial charge in [0.1, 0.15) is 17.5 Å². The van der Waals surface area contributed by atoms with Crippen LogP contribution in [0.4, 0.5) is 11.6 Å². The van der Waals surface area contributed by atoms with Crippen molar-refractivity contribution in [2.24, 2.45) is 0 Å². The van der Waals surface area contributed by atoms with Gasteiger partial charge in [0.25, 0.3) is 0 Å². The number of nitrogens with zero attached hydrogens (tertiary/aromatic N) is 2. The molecule has 1 aromatic heterocycles. The standard InChI is InChI=1S/C16H30N4/c1-6-8-9-10-11-18-16-13(5)15(17-7-2)19-14(20-16)12(3)4/h12H,6-11H2,1-5H3,(H2,17,18,19,20). The number of unbranched alkanes of at least 4 members (excludes halogenated alkanes) is 3. The van der Waals surface area contributed by atoms with Crippen LogP contribution in [-0.2, 0) is 0 Å². The van der Waals surface area contributed by atoms with Crippen LogP contribution in [0.5, 0.6) is 0 Å². The Morgan fingerprint density at radius 2 is 1.60 bits per heavy atom. The normalized spacial score (nSPS) is 10.9. The van der Waals surface area contributed by atoms with Gasteiger partial charge < -0.3 is 10.6 Å². The lowest BCUT2D eigenvalue weighted by Gasteiger charge is -2.16. The molecule has 1 rings (SSSR count). The summed E-state index contributed by atoms with van der Waals surface area (Å²) in [6.45, 7) is 12.5. The second-order valence-corrected chi connectivity index (χ2v) is 5.58. The van der Waals surface area contributed by atoms with Crippen molar-refractivity contribution in [1.29, 1.82) is 0 Å². The Morgan fingerprint density at radius 1 is 0.950 bits per heavy atom. The predicted molar refractivity (Wildman–Crippen MR) is 87.7 cm³/mol. The first-order chi connectivity index (χ1) is 9.60. The van der Waals surface area contributed by atoms with Crippen molar-refractivity contribution in [3.05, 3.63) is 11.4 Å². The third-order valence-electron chi connectivity index (χ3n) is 3.35. The van der Waals surface area contributed by atoms with Crippen molar-refractivity contribution >= 4 is 11.6 Å². The molecule has 20 heavy (non-hydrogen) atoms. The van der Waals surface area contributed by atoms with E-state index >= 15 is 0 Å². The summed E-state index contributed by atoms with van der Waals surface area (Å²) in [7, 11) is 0. The highest BCUT2D eigenvalue weighted by Crippen LogP contribution is 2.23. The van der Waals surface area contributed by atoms with Gasteiger partial charge in [0.15, 0.2) is 0 Å². The Kier molecular flexibility index (Phi) is 7.34. The van der Waals surface area contributed by atoms with Crippen LogP contribution >= 0.6 is 0 Å². The van der Waals surface area contributed by atoms with Gasteiger partial charge in [-0.3, -0.25) is 0 Å². The average Bonchev–Trinajstić information content (AvgIpc) is 2.42. The molecule has 0 radical (unpaired) electrons. The lowest BCUT2D eigenvalue weighted by atomic mass is 10.2. The van der Waals surface area contributed by atoms with E-state index in [2.05, 4.69) is 55.2 Å². The number of anilines is 2. The zero-order valence-electron chi connectivity index (χ0n) is 13.7. The van der Waals surface area contributed by atoms with E-state index in [1.807, 2.05) is 0 Å². The topological polar surface area (TPSA) is 49.8 Å². The number of hydrogen-bond acceptors (Lipinski definition) is 4. The predicted octanol–water partition coefficient (Wildman–Crippen LogP) is 4.33. The van der Waals surface area contributed by atoms with E-state index in [9.17, 15) is 0 Å². The molecule has 0 spiro atoms. The quantitative estimate of drug-likeness (QED) is 0.660. The molecule has 4 nitrogen and oxygen atoms in total. The maximum Gasteiger partial charge on any atom is 0.135 e. The first kappa shape index (κ1) is 16.7. The average molecular weight is 278 g/mol. The number of rotatable bonds is 9. The summed E-state index contributed by atoms with van der Waals surface area (Å²) in [6.07, 6.45) is 5.06. The summed E-state index contributed by atoms with van der Waals surface area (Å²) < 4.78 is 0. The van der Waals surface area contributed by atoms with Crippen LogP contribution in [0.3, 0.4) is 0 Å². The van der Waals surface area contributed by atoms with Gasteiger partial charge in [0, 0.05) is 24.6 Å². The molecule has 0 aliphatic carbocycles. The van der Waals surface area contributed by atoms with Crippen LogP contribution in [-0.4, -0.2) is 23.1 Å². The van der Waals surface area contributed by atoms with Crippen molar-refractivity contribution in [2.45, 2.75) is 66.2 Å². The summed E-state index contributed by atoms with van der Waals surface area (Å²) in [5.74, 6) is 3.19. The van der Waals surface area contributed by atoms with Crippen LogP contribution in [0.15, 0.2) is 0 Å². The molecule has 0 aliphatic rings. The second-order valence-electron chi connectivity index (χ2n) is 5.58. The van der Waals surface area contributed by atoms with E-state index in [1.165, 1.54) is 25.7 Å². The Hall–Kier alpha value is -1.32. The lowest BCUT2D eigenvalue weighted by Crippen LogP contribution is -2.12. The first-order valence-corrected chi connectivity index (χ1v) is 7.96. The molecule has 1 aromatic rings. The van der Waals surface area contributed by atoms with Crippen molar-refractivity contribution in [1.82, 2.24) is 9.97 Å². The molecule has 0 saturated heterocycles. The van der Waals surface area contributed by atoms with Crippen molar-refractivity contribution < 1.29 is 0 Å². The van der Waals surface area contributed by atoms with Gasteiger partial charge in [-0.2, -0.15) is 0 Å². The molecule has 0 aliphatic heterocycles. The van der Waals surface area contributed by atoms with Gasteiger partial charge in [-0.1, -0.05) is 40.0 Å². The summed E-state index contributed by atoms with van der Waals surface area (Å²) in [5, 5.41) is 6.81. The molecule has 114 valence electrons. The van der Waals surface area contributed by atoms with Gasteiger partial charge in [-0.05, 0) is 20.3 Å². The fourth-order valence-corrected chi connectivity index (χ4v) is 2.06. The second kappa shape index (κ2) is 8.77. The van der Waals surface area contributed by atoms with Gasteiger partial charge in [-0.25, -0.2) is 9.97 Å². The van der Waals surface area contributed by atoms with Crippen molar-refractivity contribution in [3.63, 3.8) is 0 Å². The monoisotopic (exact) mass is 278 g/mol. The van der Waals surface area contributed by atoms with E-state index in [0.29, 0.717) is 5.92 Å². The van der Waals surface area contributed by atoms with E-state index in [4.69, 9.17) is 0 Å². The molecular weight excluding hydrogens is 248 g/mol. The van der Waals surface area contributed by atoms with Crippen LogP contribution < -0.4 is 10.6 Å². The van der Waals surface area contributed by atoms with Gasteiger partial charge in [0.2, 0.25) is 0 Å². The van der Waals surface area contributed by atoms with Crippen LogP contribution in [0.25, 0.3) is 0 Å². The highest BCUT2D eigenvalue weighted by atomic mass is 15.1. The van der Waals surface area contributed by atoms with E-state index < -0.39 is 0 Å². The first-order valence-electron chi connectivity index (χ1n) is 7.96. The minimum absolute atomic E-state index is 0.341. The van der Waals surface area contributed by atoms with Crippen LogP contribution in [0, 0.1) is 6.92 Å². The van der Waals surface area contributed by atoms with Crippen molar-refractivity contribution in [2.75, 3.05) is 23.7 Å². The minimum atomic E-state index is 0.341. The molecule has 0 unspecified atom stereocenters. The Bertz CT molecular complexity index is 402. The number of hydrogen-bond donors (Lipinski definition) is 2. The molecule has 4 heteroatoms. The molecule has 0 saturated carbocycles. The van der Waals surface area contributed by atoms with Gasteiger partial charge in [0.05, 0.1) is 0 Å². The molecule has 1 heterocycles. The Morgan fingerprint density at radius 3 is 2.15 bits per heavy atom. The summed E-state index contributed by atoms with van der Waals surface area (Å²) >= 11 is 0. The fourth-order valence-electron chi connectivity index (χ4n) is 2.06. The number of aromatic nitrogens is 2. The molecule has 0 atom stereocenters. The van der Waals surface area contributed by atoms with E-state index in [0.717, 1.165) is 36.1 Å². The largest absolute Gasteiger partial charge is 0.370 e. The Balaban J connectivity index is 2.76. The maximum absolute atomic E-state index is 4.67. The van der Waals surface area contributed by atoms with E-state index in [-0.39, 0.29) is 0 Å². The highest BCUT2D eigenvalue weighted by Gasteiger charge is 2.12. The SMILES string of the molecule is CCCCCCNc1nc(C(C)C)nc(NCC)c1C. The summed E-state index contributed by atoms with van der Waals surface area (Å²) in [6, 6.07) is 0. The fraction of sp³-hybridized carbons (Fsp3) is 0.750. The summed E-state index contributed by atoms with van der Waals surface area (Å²) in [4.78, 5) is 9.29. The smallest absolute Gasteiger partial charge is 0.135 e. The zero-order valence-corrected chi connectivity index (χ0v) is 13.7. The molecule has 0 bridgehead atoms. The zero-order chi connectivity index (χ0) is 15.0. The van der Waals surface area contributed by atoms with E-state index in [1.54, 1.807) is 0 Å². The van der Waals surface area contributed by atoms with Gasteiger partial charge >= 0.3 is 0 Å². The number of nitrogens with one attached hydrogen (secondary N) is 2. The highest BCUT2D eigenvalue weighted by molar-refractivity contribution is 5.57. The minimum Gasteiger partial charge on any atom is -0.370 e. The third kappa shape index (κ3) is 4.99.